The number of ether oxygens (including phenoxy) is 1. The van der Waals surface area contributed by atoms with E-state index in [4.69, 9.17) is 9.57 Å². The number of benzene rings is 1. The van der Waals surface area contributed by atoms with E-state index in [2.05, 4.69) is 10.4 Å². The predicted molar refractivity (Wildman–Crippen MR) is 102 cm³/mol. The lowest BCUT2D eigenvalue weighted by atomic mass is 9.99. The highest BCUT2D eigenvalue weighted by Gasteiger charge is 2.22. The van der Waals surface area contributed by atoms with E-state index in [-0.39, 0.29) is 16.7 Å². The summed E-state index contributed by atoms with van der Waals surface area (Å²) in [6.07, 6.45) is 2.01. The summed E-state index contributed by atoms with van der Waals surface area (Å²) < 4.78 is 32.3. The van der Waals surface area contributed by atoms with Gasteiger partial charge in [0, 0.05) is 38.2 Å². The Morgan fingerprint density at radius 1 is 1.36 bits per heavy atom. The molecule has 2 aromatic rings. The number of rotatable bonds is 6. The molecule has 1 aliphatic heterocycles. The summed E-state index contributed by atoms with van der Waals surface area (Å²) in [4.78, 5) is 17.3. The highest BCUT2D eigenvalue weighted by Crippen LogP contribution is 2.26. The number of aryl methyl sites for hydroxylation is 1. The van der Waals surface area contributed by atoms with Crippen molar-refractivity contribution in [3.8, 4) is 0 Å². The molecule has 0 bridgehead atoms. The van der Waals surface area contributed by atoms with Crippen molar-refractivity contribution in [3.05, 3.63) is 41.6 Å². The number of carbonyl (C=O) groups is 1. The predicted octanol–water partition coefficient (Wildman–Crippen LogP) is 1.75. The molecule has 152 valence electrons. The smallest absolute Gasteiger partial charge is 0.264 e. The Kier molecular flexibility index (Phi) is 6.14. The van der Waals surface area contributed by atoms with Gasteiger partial charge in [0.2, 0.25) is 0 Å². The summed E-state index contributed by atoms with van der Waals surface area (Å²) in [5, 5.41) is 7.29. The minimum atomic E-state index is -3.75. The molecule has 28 heavy (non-hydrogen) atoms. The van der Waals surface area contributed by atoms with Crippen molar-refractivity contribution >= 4 is 21.7 Å². The van der Waals surface area contributed by atoms with Gasteiger partial charge in [-0.1, -0.05) is 4.47 Å². The first-order valence-electron chi connectivity index (χ1n) is 8.89. The molecule has 1 aromatic carbocycles. The Morgan fingerprint density at radius 2 is 2.07 bits per heavy atom. The van der Waals surface area contributed by atoms with Crippen molar-refractivity contribution in [3.63, 3.8) is 0 Å². The molecule has 1 unspecified atom stereocenters. The first kappa shape index (κ1) is 20.5. The Bertz CT molecular complexity index is 933. The van der Waals surface area contributed by atoms with Gasteiger partial charge in [0.05, 0.1) is 24.3 Å². The van der Waals surface area contributed by atoms with Gasteiger partial charge in [0.15, 0.2) is 0 Å². The van der Waals surface area contributed by atoms with Crippen LogP contribution in [-0.2, 0) is 26.6 Å². The highest BCUT2D eigenvalue weighted by atomic mass is 32.2. The van der Waals surface area contributed by atoms with Gasteiger partial charge in [-0.15, -0.1) is 0 Å². The summed E-state index contributed by atoms with van der Waals surface area (Å²) in [6, 6.07) is 7.50. The van der Waals surface area contributed by atoms with Crippen molar-refractivity contribution in [1.82, 2.24) is 14.2 Å². The van der Waals surface area contributed by atoms with Crippen LogP contribution >= 0.6 is 0 Å². The molecule has 0 aliphatic carbocycles. The number of hydroxylamine groups is 1. The standard InChI is InChI=1S/C18H24N4O5S/c1-21-17(11-16(20-21)14-5-4-10-27-12-14)19-18(23)13-6-8-15(9-7-13)28(24,25)22(2)26-3/h6-9,11,14H,4-5,10,12H2,1-3H3,(H,19,23). The highest BCUT2D eigenvalue weighted by molar-refractivity contribution is 7.89. The van der Waals surface area contributed by atoms with Gasteiger partial charge >= 0.3 is 0 Å². The Hall–Kier alpha value is -2.27. The number of sulfonamides is 1. The van der Waals surface area contributed by atoms with Crippen LogP contribution in [0.4, 0.5) is 5.82 Å². The summed E-state index contributed by atoms with van der Waals surface area (Å²) in [6.45, 7) is 1.41. The second-order valence-electron chi connectivity index (χ2n) is 6.57. The Balaban J connectivity index is 1.72. The molecule has 1 amide bonds. The fourth-order valence-corrected chi connectivity index (χ4v) is 3.97. The number of aromatic nitrogens is 2. The van der Waals surface area contributed by atoms with Crippen LogP contribution in [-0.4, -0.2) is 55.9 Å². The molecular weight excluding hydrogens is 384 g/mol. The molecule has 1 aliphatic rings. The molecule has 0 radical (unpaired) electrons. The zero-order valence-corrected chi connectivity index (χ0v) is 16.9. The van der Waals surface area contributed by atoms with Crippen molar-refractivity contribution in [1.29, 1.82) is 0 Å². The van der Waals surface area contributed by atoms with Gasteiger partial charge < -0.3 is 10.1 Å². The van der Waals surface area contributed by atoms with E-state index in [1.165, 1.54) is 38.4 Å². The van der Waals surface area contributed by atoms with Crippen molar-refractivity contribution in [2.45, 2.75) is 23.7 Å². The number of nitrogens with zero attached hydrogens (tertiary/aromatic N) is 3. The first-order valence-corrected chi connectivity index (χ1v) is 10.3. The minimum Gasteiger partial charge on any atom is -0.381 e. The molecule has 10 heteroatoms. The van der Waals surface area contributed by atoms with Crippen LogP contribution in [0.3, 0.4) is 0 Å². The van der Waals surface area contributed by atoms with Gasteiger partial charge in [-0.05, 0) is 37.1 Å². The second-order valence-corrected chi connectivity index (χ2v) is 8.50. The first-order chi connectivity index (χ1) is 13.3. The molecule has 1 fully saturated rings. The fraction of sp³-hybridized carbons (Fsp3) is 0.444. The quantitative estimate of drug-likeness (QED) is 0.731. The van der Waals surface area contributed by atoms with Crippen LogP contribution < -0.4 is 5.32 Å². The summed E-state index contributed by atoms with van der Waals surface area (Å²) in [5.74, 6) is 0.452. The van der Waals surface area contributed by atoms with Crippen LogP contribution in [0.15, 0.2) is 35.2 Å². The van der Waals surface area contributed by atoms with Crippen LogP contribution in [0.5, 0.6) is 0 Å². The Labute approximate surface area is 164 Å². The van der Waals surface area contributed by atoms with Crippen molar-refractivity contribution in [2.75, 3.05) is 32.7 Å². The largest absolute Gasteiger partial charge is 0.381 e. The SMILES string of the molecule is CON(C)S(=O)(=O)c1ccc(C(=O)Nc2cc(C3CCCOC3)nn2C)cc1. The molecule has 1 atom stereocenters. The number of hydrogen-bond acceptors (Lipinski definition) is 6. The molecule has 9 nitrogen and oxygen atoms in total. The van der Waals surface area contributed by atoms with Gasteiger partial charge in [-0.25, -0.2) is 8.42 Å². The molecule has 2 heterocycles. The second kappa shape index (κ2) is 8.39. The zero-order chi connectivity index (χ0) is 20.3. The van der Waals surface area contributed by atoms with Crippen LogP contribution in [0, 0.1) is 0 Å². The number of hydrogen-bond donors (Lipinski definition) is 1. The molecule has 1 saturated heterocycles. The molecule has 0 saturated carbocycles. The molecular formula is C18H24N4O5S. The maximum atomic E-state index is 12.5. The number of anilines is 1. The van der Waals surface area contributed by atoms with Crippen LogP contribution in [0.2, 0.25) is 0 Å². The maximum absolute atomic E-state index is 12.5. The zero-order valence-electron chi connectivity index (χ0n) is 16.1. The van der Waals surface area contributed by atoms with Crippen LogP contribution in [0.1, 0.15) is 34.8 Å². The lowest BCUT2D eigenvalue weighted by Crippen LogP contribution is -2.25. The maximum Gasteiger partial charge on any atom is 0.264 e. The summed E-state index contributed by atoms with van der Waals surface area (Å²) >= 11 is 0. The lowest BCUT2D eigenvalue weighted by Gasteiger charge is -2.19. The minimum absolute atomic E-state index is 0.0357. The van der Waals surface area contributed by atoms with E-state index in [1.807, 2.05) is 6.07 Å². The molecule has 1 N–H and O–H groups in total. The molecule has 1 aromatic heterocycles. The van der Waals surface area contributed by atoms with E-state index < -0.39 is 10.0 Å². The third kappa shape index (κ3) is 4.25. The van der Waals surface area contributed by atoms with Crippen molar-refractivity contribution in [2.24, 2.45) is 7.05 Å². The van der Waals surface area contributed by atoms with Crippen LogP contribution in [0.25, 0.3) is 0 Å². The number of carbonyl (C=O) groups excluding carboxylic acids is 1. The monoisotopic (exact) mass is 408 g/mol. The summed E-state index contributed by atoms with van der Waals surface area (Å²) in [5.41, 5.74) is 1.23. The van der Waals surface area contributed by atoms with Gasteiger partial charge in [0.1, 0.15) is 5.82 Å². The van der Waals surface area contributed by atoms with Crippen molar-refractivity contribution < 1.29 is 22.8 Å². The Morgan fingerprint density at radius 3 is 2.68 bits per heavy atom. The average Bonchev–Trinajstić information content (AvgIpc) is 3.08. The van der Waals surface area contributed by atoms with E-state index in [0.717, 1.165) is 29.6 Å². The summed E-state index contributed by atoms with van der Waals surface area (Å²) in [7, 11) is 0.574. The van der Waals surface area contributed by atoms with E-state index in [1.54, 1.807) is 11.7 Å². The van der Waals surface area contributed by atoms with E-state index in [9.17, 15) is 13.2 Å². The van der Waals surface area contributed by atoms with E-state index >= 15 is 0 Å². The number of amides is 1. The van der Waals surface area contributed by atoms with Gasteiger partial charge in [-0.2, -0.15) is 5.10 Å². The average molecular weight is 408 g/mol. The molecule has 0 spiro atoms. The van der Waals surface area contributed by atoms with Gasteiger partial charge in [-0.3, -0.25) is 14.3 Å². The normalized spacial score (nSPS) is 17.6. The molecule has 3 rings (SSSR count). The van der Waals surface area contributed by atoms with E-state index in [0.29, 0.717) is 18.0 Å². The number of nitrogens with one attached hydrogen (secondary N) is 1. The van der Waals surface area contributed by atoms with Gasteiger partial charge in [0.25, 0.3) is 15.9 Å². The topological polar surface area (TPSA) is 103 Å². The third-order valence-electron chi connectivity index (χ3n) is 4.73. The lowest BCUT2D eigenvalue weighted by molar-refractivity contribution is -0.0258. The third-order valence-corrected chi connectivity index (χ3v) is 6.42. The fourth-order valence-electron chi connectivity index (χ4n) is 2.99.